The lowest BCUT2D eigenvalue weighted by Crippen LogP contribution is -2.24. The molecule has 0 unspecified atom stereocenters. The van der Waals surface area contributed by atoms with E-state index in [-0.39, 0.29) is 29.9 Å². The molecule has 0 atom stereocenters. The predicted molar refractivity (Wildman–Crippen MR) is 104 cm³/mol. The summed E-state index contributed by atoms with van der Waals surface area (Å²) in [6, 6.07) is 8.34. The maximum absolute atomic E-state index is 12.2. The smallest absolute Gasteiger partial charge is 0.262 e. The van der Waals surface area contributed by atoms with Crippen LogP contribution in [0, 0.1) is 6.92 Å². The van der Waals surface area contributed by atoms with Crippen molar-refractivity contribution in [2.75, 3.05) is 19.0 Å². The highest BCUT2D eigenvalue weighted by atomic mass is 79.9. The molecule has 8 heteroatoms. The highest BCUT2D eigenvalue weighted by Crippen LogP contribution is 2.32. The number of hydrogen-bond acceptors (Lipinski definition) is 4. The Morgan fingerprint density at radius 1 is 1.12 bits per heavy atom. The third-order valence-electron chi connectivity index (χ3n) is 3.92. The number of imide groups is 1. The molecule has 26 heavy (non-hydrogen) atoms. The molecule has 0 saturated heterocycles. The van der Waals surface area contributed by atoms with Crippen LogP contribution in [0.3, 0.4) is 0 Å². The first-order chi connectivity index (χ1) is 12.3. The van der Waals surface area contributed by atoms with Crippen molar-refractivity contribution in [2.45, 2.75) is 6.92 Å². The van der Waals surface area contributed by atoms with Crippen LogP contribution in [0.2, 0.25) is 0 Å². The Kier molecular flexibility index (Phi) is 5.15. The Hall–Kier alpha value is -2.19. The molecule has 0 saturated carbocycles. The molecule has 3 amide bonds. The topological polar surface area (TPSA) is 75.7 Å². The highest BCUT2D eigenvalue weighted by Gasteiger charge is 2.32. The van der Waals surface area contributed by atoms with Gasteiger partial charge in [-0.1, -0.05) is 15.9 Å². The molecule has 1 heterocycles. The van der Waals surface area contributed by atoms with Gasteiger partial charge in [0.1, 0.15) is 5.75 Å². The maximum Gasteiger partial charge on any atom is 0.262 e. The molecule has 1 aliphatic rings. The number of fused-ring (bicyclic) bond motifs is 1. The van der Waals surface area contributed by atoms with E-state index in [0.717, 1.165) is 19.4 Å². The predicted octanol–water partition coefficient (Wildman–Crippen LogP) is 3.76. The van der Waals surface area contributed by atoms with Gasteiger partial charge in [-0.3, -0.25) is 19.3 Å². The van der Waals surface area contributed by atoms with E-state index in [9.17, 15) is 14.4 Å². The molecule has 0 aromatic heterocycles. The molecule has 0 fully saturated rings. The van der Waals surface area contributed by atoms with E-state index >= 15 is 0 Å². The van der Waals surface area contributed by atoms with Crippen molar-refractivity contribution < 1.29 is 19.1 Å². The van der Waals surface area contributed by atoms with E-state index in [1.54, 1.807) is 6.07 Å². The molecule has 3 rings (SSSR count). The van der Waals surface area contributed by atoms with Crippen LogP contribution in [0.5, 0.6) is 5.75 Å². The molecule has 0 bridgehead atoms. The molecule has 1 aliphatic heterocycles. The number of carbonyl (C=O) groups is 3. The van der Waals surface area contributed by atoms with Gasteiger partial charge >= 0.3 is 0 Å². The first kappa shape index (κ1) is 18.6. The fourth-order valence-electron chi connectivity index (χ4n) is 2.65. The van der Waals surface area contributed by atoms with Gasteiger partial charge in [0.15, 0.2) is 6.61 Å². The van der Waals surface area contributed by atoms with E-state index in [0.29, 0.717) is 17.0 Å². The van der Waals surface area contributed by atoms with Gasteiger partial charge in [-0.05, 0) is 58.7 Å². The number of nitrogens with one attached hydrogen (secondary N) is 1. The largest absolute Gasteiger partial charge is 0.482 e. The van der Waals surface area contributed by atoms with Crippen LogP contribution in [0.1, 0.15) is 26.3 Å². The molecule has 6 nitrogen and oxygen atoms in total. The average molecular weight is 482 g/mol. The molecular formula is C18H14Br2N2O4. The average Bonchev–Trinajstić information content (AvgIpc) is 2.78. The van der Waals surface area contributed by atoms with Crippen molar-refractivity contribution in [1.29, 1.82) is 0 Å². The van der Waals surface area contributed by atoms with Gasteiger partial charge in [0.2, 0.25) is 0 Å². The highest BCUT2D eigenvalue weighted by molar-refractivity contribution is 9.11. The number of hydrogen-bond donors (Lipinski definition) is 1. The SMILES string of the molecule is Cc1cc(Br)cc(Br)c1OCC(=O)Nc1ccc2c(c1)C(=O)N(C)C2=O. The number of aryl methyl sites for hydroxylation is 1. The minimum Gasteiger partial charge on any atom is -0.482 e. The van der Waals surface area contributed by atoms with E-state index < -0.39 is 0 Å². The van der Waals surface area contributed by atoms with Crippen LogP contribution < -0.4 is 10.1 Å². The summed E-state index contributed by atoms with van der Waals surface area (Å²) in [7, 11) is 1.43. The fraction of sp³-hybridized carbons (Fsp3) is 0.167. The number of amides is 3. The Morgan fingerprint density at radius 2 is 1.81 bits per heavy atom. The summed E-state index contributed by atoms with van der Waals surface area (Å²) < 4.78 is 7.24. The number of benzene rings is 2. The zero-order valence-corrected chi connectivity index (χ0v) is 17.1. The number of halogens is 2. The summed E-state index contributed by atoms with van der Waals surface area (Å²) in [5.74, 6) is -0.516. The van der Waals surface area contributed by atoms with Gasteiger partial charge in [-0.2, -0.15) is 0 Å². The standard InChI is InChI=1S/C18H14Br2N2O4/c1-9-5-10(19)6-14(20)16(9)26-8-15(23)21-11-3-4-12-13(7-11)18(25)22(2)17(12)24/h3-7H,8H2,1-2H3,(H,21,23). The Bertz CT molecular complexity index is 920. The molecule has 2 aromatic carbocycles. The lowest BCUT2D eigenvalue weighted by atomic mass is 10.1. The lowest BCUT2D eigenvalue weighted by Gasteiger charge is -2.12. The monoisotopic (exact) mass is 480 g/mol. The van der Waals surface area contributed by atoms with Gasteiger partial charge in [-0.25, -0.2) is 0 Å². The van der Waals surface area contributed by atoms with E-state index in [4.69, 9.17) is 4.74 Å². The Morgan fingerprint density at radius 3 is 2.50 bits per heavy atom. The van der Waals surface area contributed by atoms with Crippen LogP contribution in [0.4, 0.5) is 5.69 Å². The molecule has 2 aromatic rings. The third kappa shape index (κ3) is 3.52. The van der Waals surface area contributed by atoms with Crippen LogP contribution >= 0.6 is 31.9 Å². The quantitative estimate of drug-likeness (QED) is 0.674. The zero-order valence-electron chi connectivity index (χ0n) is 13.9. The van der Waals surface area contributed by atoms with Gasteiger partial charge in [0, 0.05) is 17.2 Å². The van der Waals surface area contributed by atoms with E-state index in [1.165, 1.54) is 19.2 Å². The van der Waals surface area contributed by atoms with E-state index in [1.807, 2.05) is 19.1 Å². The number of carbonyl (C=O) groups excluding carboxylic acids is 3. The number of anilines is 1. The summed E-state index contributed by atoms with van der Waals surface area (Å²) in [5, 5.41) is 2.67. The van der Waals surface area contributed by atoms with Crippen LogP contribution in [0.15, 0.2) is 39.3 Å². The molecule has 0 aliphatic carbocycles. The maximum atomic E-state index is 12.2. The number of ether oxygens (including phenoxy) is 1. The number of rotatable bonds is 4. The van der Waals surface area contributed by atoms with Crippen molar-refractivity contribution in [3.05, 3.63) is 56.0 Å². The molecule has 0 radical (unpaired) electrons. The van der Waals surface area contributed by atoms with Crippen molar-refractivity contribution in [3.63, 3.8) is 0 Å². The first-order valence-electron chi connectivity index (χ1n) is 7.62. The number of nitrogens with zero attached hydrogens (tertiary/aromatic N) is 1. The normalized spacial score (nSPS) is 13.0. The van der Waals surface area contributed by atoms with Gasteiger partial charge in [0.25, 0.3) is 17.7 Å². The Labute approximate surface area is 166 Å². The molecule has 1 N–H and O–H groups in total. The summed E-state index contributed by atoms with van der Waals surface area (Å²) in [4.78, 5) is 37.1. The second-order valence-corrected chi connectivity index (χ2v) is 7.57. The fourth-order valence-corrected chi connectivity index (χ4v) is 4.20. The van der Waals surface area contributed by atoms with Crippen LogP contribution in [-0.2, 0) is 4.79 Å². The summed E-state index contributed by atoms with van der Waals surface area (Å²) in [5.41, 5.74) is 1.92. The van der Waals surface area contributed by atoms with Crippen LogP contribution in [0.25, 0.3) is 0 Å². The van der Waals surface area contributed by atoms with Gasteiger partial charge in [0.05, 0.1) is 15.6 Å². The first-order valence-corrected chi connectivity index (χ1v) is 9.21. The molecule has 0 spiro atoms. The summed E-state index contributed by atoms with van der Waals surface area (Å²) in [6.07, 6.45) is 0. The van der Waals surface area contributed by atoms with Gasteiger partial charge < -0.3 is 10.1 Å². The second-order valence-electron chi connectivity index (χ2n) is 5.80. The van der Waals surface area contributed by atoms with Crippen molar-refractivity contribution in [2.24, 2.45) is 0 Å². The minimum atomic E-state index is -0.383. The Balaban J connectivity index is 1.69. The summed E-state index contributed by atoms with van der Waals surface area (Å²) >= 11 is 6.80. The van der Waals surface area contributed by atoms with Crippen molar-refractivity contribution in [3.8, 4) is 5.75 Å². The molecular weight excluding hydrogens is 468 g/mol. The minimum absolute atomic E-state index is 0.190. The van der Waals surface area contributed by atoms with E-state index in [2.05, 4.69) is 37.2 Å². The molecule has 134 valence electrons. The lowest BCUT2D eigenvalue weighted by molar-refractivity contribution is -0.118. The second kappa shape index (κ2) is 7.20. The zero-order chi connectivity index (χ0) is 19.0. The summed E-state index contributed by atoms with van der Waals surface area (Å²) in [6.45, 7) is 1.69. The van der Waals surface area contributed by atoms with Crippen LogP contribution in [-0.4, -0.2) is 36.3 Å². The van der Waals surface area contributed by atoms with Gasteiger partial charge in [-0.15, -0.1) is 0 Å². The van der Waals surface area contributed by atoms with Crippen molar-refractivity contribution >= 4 is 55.3 Å². The third-order valence-corrected chi connectivity index (χ3v) is 4.96. The van der Waals surface area contributed by atoms with Crippen molar-refractivity contribution in [1.82, 2.24) is 4.90 Å².